The van der Waals surface area contributed by atoms with Crippen molar-refractivity contribution in [2.24, 2.45) is 0 Å². The minimum absolute atomic E-state index is 0.470. The van der Waals surface area contributed by atoms with Crippen molar-refractivity contribution in [3.05, 3.63) is 46.1 Å². The van der Waals surface area contributed by atoms with Crippen molar-refractivity contribution in [2.75, 3.05) is 0 Å². The van der Waals surface area contributed by atoms with E-state index < -0.39 is 5.76 Å². The summed E-state index contributed by atoms with van der Waals surface area (Å²) in [5.41, 5.74) is 4.34. The normalized spacial score (nSPS) is 10.7. The van der Waals surface area contributed by atoms with Crippen molar-refractivity contribution in [1.29, 1.82) is 5.26 Å². The second-order valence-electron chi connectivity index (χ2n) is 4.06. The Labute approximate surface area is 102 Å². The van der Waals surface area contributed by atoms with Gasteiger partial charge in [-0.2, -0.15) is 5.26 Å². The molecule has 1 aromatic carbocycles. The van der Waals surface area contributed by atoms with Gasteiger partial charge in [0.05, 0.1) is 11.1 Å². The molecule has 0 aliphatic heterocycles. The van der Waals surface area contributed by atoms with Crippen LogP contribution in [0.2, 0.25) is 0 Å². The number of aryl methyl sites for hydroxylation is 1. The van der Waals surface area contributed by atoms with Gasteiger partial charge < -0.3 is 9.40 Å². The number of H-pyrrole nitrogens is 2. The third kappa shape index (κ3) is 1.52. The van der Waals surface area contributed by atoms with Crippen LogP contribution in [0.3, 0.4) is 0 Å². The summed E-state index contributed by atoms with van der Waals surface area (Å²) in [6.07, 6.45) is 0. The molecule has 0 aliphatic carbocycles. The molecule has 5 nitrogen and oxygen atoms in total. The molecule has 2 aromatic heterocycles. The highest BCUT2D eigenvalue weighted by atomic mass is 16.4. The predicted molar refractivity (Wildman–Crippen MR) is 66.1 cm³/mol. The number of aromatic nitrogens is 2. The molecular weight excluding hydrogens is 230 g/mol. The Hall–Kier alpha value is -2.74. The minimum Gasteiger partial charge on any atom is -0.408 e. The zero-order valence-corrected chi connectivity index (χ0v) is 9.57. The zero-order chi connectivity index (χ0) is 12.7. The van der Waals surface area contributed by atoms with Gasteiger partial charge in [0, 0.05) is 17.0 Å². The van der Waals surface area contributed by atoms with Gasteiger partial charge in [-0.3, -0.25) is 4.98 Å². The van der Waals surface area contributed by atoms with E-state index in [1.165, 1.54) is 0 Å². The summed E-state index contributed by atoms with van der Waals surface area (Å²) in [6, 6.07) is 9.28. The van der Waals surface area contributed by atoms with Crippen LogP contribution in [0.25, 0.3) is 22.4 Å². The van der Waals surface area contributed by atoms with Crippen LogP contribution in [0.15, 0.2) is 33.5 Å². The van der Waals surface area contributed by atoms with Crippen molar-refractivity contribution < 1.29 is 4.42 Å². The van der Waals surface area contributed by atoms with Crippen molar-refractivity contribution in [3.8, 4) is 17.3 Å². The molecule has 3 aromatic rings. The van der Waals surface area contributed by atoms with Gasteiger partial charge in [-0.1, -0.05) is 0 Å². The van der Waals surface area contributed by atoms with E-state index in [1.54, 1.807) is 12.1 Å². The van der Waals surface area contributed by atoms with E-state index >= 15 is 0 Å². The first-order chi connectivity index (χ1) is 8.67. The molecule has 2 N–H and O–H groups in total. The highest BCUT2D eigenvalue weighted by Gasteiger charge is 2.08. The number of fused-ring (bicyclic) bond motifs is 1. The molecule has 0 saturated heterocycles. The Morgan fingerprint density at radius 1 is 1.28 bits per heavy atom. The first kappa shape index (κ1) is 10.4. The van der Waals surface area contributed by atoms with E-state index in [9.17, 15) is 4.79 Å². The Kier molecular flexibility index (Phi) is 2.10. The van der Waals surface area contributed by atoms with Crippen molar-refractivity contribution >= 4 is 11.1 Å². The maximum absolute atomic E-state index is 11.1. The molecule has 0 fully saturated rings. The van der Waals surface area contributed by atoms with Crippen molar-refractivity contribution in [2.45, 2.75) is 6.92 Å². The molecule has 0 bridgehead atoms. The highest BCUT2D eigenvalue weighted by Crippen LogP contribution is 2.24. The number of aromatic amines is 2. The fraction of sp³-hybridized carbons (Fsp3) is 0.0769. The first-order valence-electron chi connectivity index (χ1n) is 5.40. The molecule has 0 spiro atoms. The monoisotopic (exact) mass is 239 g/mol. The molecule has 5 heteroatoms. The van der Waals surface area contributed by atoms with E-state index in [0.29, 0.717) is 16.7 Å². The summed E-state index contributed by atoms with van der Waals surface area (Å²) in [5, 5.41) is 8.92. The van der Waals surface area contributed by atoms with Crippen LogP contribution in [0.5, 0.6) is 0 Å². The van der Waals surface area contributed by atoms with Gasteiger partial charge in [-0.25, -0.2) is 4.79 Å². The molecule has 2 heterocycles. The smallest absolute Gasteiger partial charge is 0.408 e. The number of oxazole rings is 1. The van der Waals surface area contributed by atoms with Crippen LogP contribution in [-0.2, 0) is 0 Å². The van der Waals surface area contributed by atoms with Crippen LogP contribution in [-0.4, -0.2) is 9.97 Å². The molecule has 0 radical (unpaired) electrons. The summed E-state index contributed by atoms with van der Waals surface area (Å²) >= 11 is 0. The standard InChI is InChI=1S/C13H9N3O2/c1-7-9(6-14)5-10(15-7)8-2-3-12-11(4-8)16-13(17)18-12/h2-5,15H,1H3,(H,16,17). The van der Waals surface area contributed by atoms with Gasteiger partial charge in [0.2, 0.25) is 0 Å². The molecule has 0 saturated carbocycles. The number of benzene rings is 1. The SMILES string of the molecule is Cc1[nH]c(-c2ccc3oc(=O)[nH]c3c2)cc1C#N. The molecule has 18 heavy (non-hydrogen) atoms. The average molecular weight is 239 g/mol. The molecule has 0 amide bonds. The van der Waals surface area contributed by atoms with E-state index in [4.69, 9.17) is 9.68 Å². The number of rotatable bonds is 1. The predicted octanol–water partition coefficient (Wildman–Crippen LogP) is 2.30. The van der Waals surface area contributed by atoms with Gasteiger partial charge >= 0.3 is 5.76 Å². The summed E-state index contributed by atoms with van der Waals surface area (Å²) in [4.78, 5) is 16.8. The number of nitriles is 1. The lowest BCUT2D eigenvalue weighted by Crippen LogP contribution is -1.92. The Bertz CT molecular complexity index is 830. The van der Waals surface area contributed by atoms with Crippen molar-refractivity contribution in [1.82, 2.24) is 9.97 Å². The van der Waals surface area contributed by atoms with Crippen LogP contribution in [0.4, 0.5) is 0 Å². The van der Waals surface area contributed by atoms with Crippen LogP contribution < -0.4 is 5.76 Å². The van der Waals surface area contributed by atoms with Crippen molar-refractivity contribution in [3.63, 3.8) is 0 Å². The van der Waals surface area contributed by atoms with Gasteiger partial charge in [0.25, 0.3) is 0 Å². The lowest BCUT2D eigenvalue weighted by molar-refractivity contribution is 0.555. The van der Waals surface area contributed by atoms with Crippen LogP contribution in [0.1, 0.15) is 11.3 Å². The van der Waals surface area contributed by atoms with E-state index in [1.807, 2.05) is 19.1 Å². The van der Waals surface area contributed by atoms with Gasteiger partial charge in [-0.05, 0) is 31.2 Å². The highest BCUT2D eigenvalue weighted by molar-refractivity contribution is 5.79. The number of nitrogens with zero attached hydrogens (tertiary/aromatic N) is 1. The fourth-order valence-corrected chi connectivity index (χ4v) is 1.95. The molecule has 0 aliphatic rings. The van der Waals surface area contributed by atoms with E-state index in [0.717, 1.165) is 17.0 Å². The third-order valence-corrected chi connectivity index (χ3v) is 2.87. The summed E-state index contributed by atoms with van der Waals surface area (Å²) in [5.74, 6) is -0.470. The third-order valence-electron chi connectivity index (χ3n) is 2.87. The molecule has 0 atom stereocenters. The zero-order valence-electron chi connectivity index (χ0n) is 9.57. The quantitative estimate of drug-likeness (QED) is 0.683. The summed E-state index contributed by atoms with van der Waals surface area (Å²) < 4.78 is 4.94. The molecule has 0 unspecified atom stereocenters. The summed E-state index contributed by atoms with van der Waals surface area (Å²) in [7, 11) is 0. The summed E-state index contributed by atoms with van der Waals surface area (Å²) in [6.45, 7) is 1.85. The Morgan fingerprint density at radius 2 is 2.11 bits per heavy atom. The second-order valence-corrected chi connectivity index (χ2v) is 4.06. The number of nitrogens with one attached hydrogen (secondary N) is 2. The van der Waals surface area contributed by atoms with Gasteiger partial charge in [-0.15, -0.1) is 0 Å². The number of hydrogen-bond donors (Lipinski definition) is 2. The Morgan fingerprint density at radius 3 is 2.83 bits per heavy atom. The first-order valence-corrected chi connectivity index (χ1v) is 5.40. The molecular formula is C13H9N3O2. The Balaban J connectivity index is 2.18. The van der Waals surface area contributed by atoms with Gasteiger partial charge in [0.15, 0.2) is 5.58 Å². The largest absolute Gasteiger partial charge is 0.417 e. The number of hydrogen-bond acceptors (Lipinski definition) is 3. The lowest BCUT2D eigenvalue weighted by Gasteiger charge is -1.97. The fourth-order valence-electron chi connectivity index (χ4n) is 1.95. The van der Waals surface area contributed by atoms with Crippen LogP contribution in [0, 0.1) is 18.3 Å². The van der Waals surface area contributed by atoms with Gasteiger partial charge in [0.1, 0.15) is 6.07 Å². The second kappa shape index (κ2) is 3.64. The maximum atomic E-state index is 11.1. The van der Waals surface area contributed by atoms with E-state index in [-0.39, 0.29) is 0 Å². The average Bonchev–Trinajstić information content (AvgIpc) is 2.89. The topological polar surface area (TPSA) is 85.6 Å². The van der Waals surface area contributed by atoms with Crippen LogP contribution >= 0.6 is 0 Å². The minimum atomic E-state index is -0.470. The maximum Gasteiger partial charge on any atom is 0.417 e. The molecule has 3 rings (SSSR count). The lowest BCUT2D eigenvalue weighted by atomic mass is 10.1. The van der Waals surface area contributed by atoms with E-state index in [2.05, 4.69) is 16.0 Å². The molecule has 88 valence electrons.